The van der Waals surface area contributed by atoms with Crippen LogP contribution in [0, 0.1) is 100 Å². The Morgan fingerprint density at radius 2 is 0.827 bits per heavy atom. The topological polar surface area (TPSA) is 233 Å². The fourth-order valence-corrected chi connectivity index (χ4v) is 17.9. The van der Waals surface area contributed by atoms with Gasteiger partial charge in [-0.2, -0.15) is 0 Å². The van der Waals surface area contributed by atoms with Crippen LogP contribution in [-0.4, -0.2) is 152 Å². The Hall–Kier alpha value is -3.13. The molecule has 0 N–H and O–H groups in total. The van der Waals surface area contributed by atoms with Crippen LogP contribution in [0.25, 0.3) is 0 Å². The highest BCUT2D eigenvalue weighted by Crippen LogP contribution is 2.54. The van der Waals surface area contributed by atoms with E-state index in [1.807, 2.05) is 34.6 Å². The third kappa shape index (κ3) is 27.4. The Morgan fingerprint density at radius 3 is 1.25 bits per heavy atom. The highest BCUT2D eigenvalue weighted by atomic mass is 35.5. The van der Waals surface area contributed by atoms with E-state index in [1.54, 1.807) is 0 Å². The first-order chi connectivity index (χ1) is 48.6. The van der Waals surface area contributed by atoms with E-state index in [0.29, 0.717) is 134 Å². The lowest BCUT2D eigenvalue weighted by molar-refractivity contribution is -0.157. The minimum Gasteiger partial charge on any atom is -0.465 e. The van der Waals surface area contributed by atoms with Crippen LogP contribution in [0.1, 0.15) is 288 Å². The predicted octanol–water partition coefficient (Wildman–Crippen LogP) is 17.4. The summed E-state index contributed by atoms with van der Waals surface area (Å²) in [5, 5.41) is -0.117. The normalized spacial score (nSPS) is 38.2. The molecule has 12 fully saturated rings. The number of unbranched alkanes of at least 4 members (excludes halogenated alkanes) is 1. The molecule has 18 nitrogen and oxygen atoms in total. The number of fused-ring (bicyclic) bond motifs is 6. The number of carbonyl (C=O) groups excluding carboxylic acids is 6. The van der Waals surface area contributed by atoms with E-state index in [1.165, 1.54) is 25.7 Å². The van der Waals surface area contributed by atoms with Gasteiger partial charge in [-0.15, -0.1) is 11.6 Å². The lowest BCUT2D eigenvalue weighted by Crippen LogP contribution is -2.35. The molecule has 12 aliphatic rings. The maximum atomic E-state index is 12.3. The Bertz CT molecular complexity index is 2730. The van der Waals surface area contributed by atoms with Crippen LogP contribution in [0.2, 0.25) is 0 Å². The number of alkyl halides is 1. The Balaban J connectivity index is 0.000000175. The molecule has 104 heavy (non-hydrogen) atoms. The van der Waals surface area contributed by atoms with Gasteiger partial charge in [-0.3, -0.25) is 28.8 Å². The van der Waals surface area contributed by atoms with E-state index in [2.05, 4.69) is 125 Å². The van der Waals surface area contributed by atoms with E-state index in [0.717, 1.165) is 103 Å². The largest absolute Gasteiger partial charge is 0.465 e. The highest BCUT2D eigenvalue weighted by Gasteiger charge is 2.61. The third-order valence-electron chi connectivity index (χ3n) is 24.4. The highest BCUT2D eigenvalue weighted by molar-refractivity contribution is 6.22. The van der Waals surface area contributed by atoms with E-state index in [-0.39, 0.29) is 118 Å². The summed E-state index contributed by atoms with van der Waals surface area (Å²) in [4.78, 5) is 72.0. The van der Waals surface area contributed by atoms with Gasteiger partial charge in [-0.1, -0.05) is 137 Å². The van der Waals surface area contributed by atoms with Crippen molar-refractivity contribution < 1.29 is 85.6 Å². The molecule has 6 saturated carbocycles. The number of hydrogen-bond donors (Lipinski definition) is 0. The van der Waals surface area contributed by atoms with Crippen LogP contribution in [-0.2, 0) is 85.6 Å². The molecule has 12 rings (SSSR count). The molecule has 0 spiro atoms. The van der Waals surface area contributed by atoms with Gasteiger partial charge in [0, 0.05) is 5.38 Å². The van der Waals surface area contributed by atoms with Crippen LogP contribution in [0.15, 0.2) is 0 Å². The first-order valence-corrected chi connectivity index (χ1v) is 41.8. The Labute approximate surface area is 633 Å². The zero-order valence-electron chi connectivity index (χ0n) is 68.9. The molecule has 600 valence electrons. The summed E-state index contributed by atoms with van der Waals surface area (Å²) in [5.74, 6) is 4.40. The molecule has 0 radical (unpaired) electrons. The molecule has 6 aliphatic carbocycles. The number of halogens is 1. The average molecular weight is 1490 g/mol. The maximum absolute atomic E-state index is 12.3. The molecular weight excluding hydrogens is 1340 g/mol. The summed E-state index contributed by atoms with van der Waals surface area (Å²) in [6.45, 7) is 51.1. The SMILES string of the molecule is CC(C)CC(C)OC(=O)C1CC2OC2CC1C.CC(C)CCOC(=O)C1CC2OC2(C)CC1C.CC(C)COC(=O)C1CC2OC2CC1Cl.CC(C)OC(=O)C1CC2OC2(C)CC1C.CC(CCOC(=O)C1CC2OC2(C)CC1C)CC(C)(C)C.CCCCC(CC)COC(=O)C1CC2OC2CC1C. The molecule has 0 bridgehead atoms. The summed E-state index contributed by atoms with van der Waals surface area (Å²) in [6, 6.07) is 0. The summed E-state index contributed by atoms with van der Waals surface area (Å²) >= 11 is 6.13. The number of epoxide rings is 6. The minimum absolute atomic E-state index is 0.0106. The van der Waals surface area contributed by atoms with E-state index in [9.17, 15) is 28.8 Å². The first kappa shape index (κ1) is 88.1. The molecule has 6 aliphatic heterocycles. The van der Waals surface area contributed by atoms with Gasteiger partial charge in [-0.25, -0.2) is 0 Å². The summed E-state index contributed by atoms with van der Waals surface area (Å²) in [6.07, 6.45) is 22.5. The minimum atomic E-state index is -0.172. The number of esters is 6. The zero-order valence-corrected chi connectivity index (χ0v) is 69.6. The average Bonchev–Trinajstić information content (AvgIpc) is 1.59. The van der Waals surface area contributed by atoms with Gasteiger partial charge in [0.25, 0.3) is 0 Å². The molecule has 0 aromatic heterocycles. The number of ether oxygens (including phenoxy) is 12. The second kappa shape index (κ2) is 38.7. The van der Waals surface area contributed by atoms with E-state index in [4.69, 9.17) is 68.4 Å². The van der Waals surface area contributed by atoms with Gasteiger partial charge in [0.15, 0.2) is 0 Å². The number of hydrogen-bond acceptors (Lipinski definition) is 18. The first-order valence-electron chi connectivity index (χ1n) is 41.4. The van der Waals surface area contributed by atoms with Crippen molar-refractivity contribution in [1.29, 1.82) is 0 Å². The fourth-order valence-electron chi connectivity index (χ4n) is 17.5. The van der Waals surface area contributed by atoms with Crippen molar-refractivity contribution >= 4 is 47.4 Å². The van der Waals surface area contributed by atoms with E-state index >= 15 is 0 Å². The fraction of sp³-hybridized carbons (Fsp3) is 0.929. The standard InChI is InChI=1S/C18H32O3.C16H28O3.2C14H24O3.C12H20O3.C11H17ClO3/c1-12(10-17(3,4)5)7-8-20-16(19)14-9-15-18(6,21-15)11-13(14)2;1-4-6-7-12(5-2)10-18-16(17)13-9-15-14(19-15)8-11(13)3;1-8(2)5-10(4)16-14(15)11-7-13-12(17-13)6-9(11)3;1-9(2)5-6-16-13(15)11-7-12-14(4,17-12)8-10(11)3;1-7(2)14-11(13)9-5-10-12(4,15-10)6-8(9)3;1-6(2)5-14-11(13)7-3-9-10(15-9)4-8(7)12/h12-15H,7-11H2,1-6H3;11-15H,4-10H2,1-3H3;8-13H,5-7H2,1-4H3;9-12H,5-8H2,1-4H3;7-10H,5-6H2,1-4H3;6-10H,3-5H2,1-2H3. The van der Waals surface area contributed by atoms with Crippen molar-refractivity contribution in [3.8, 4) is 0 Å². The van der Waals surface area contributed by atoms with Crippen LogP contribution in [0.3, 0.4) is 0 Å². The van der Waals surface area contributed by atoms with E-state index < -0.39 is 0 Å². The quantitative estimate of drug-likeness (QED) is 0.0358. The van der Waals surface area contributed by atoms with Crippen molar-refractivity contribution in [2.75, 3.05) is 26.4 Å². The summed E-state index contributed by atoms with van der Waals surface area (Å²) < 4.78 is 65.8. The van der Waals surface area contributed by atoms with Crippen molar-refractivity contribution in [1.82, 2.24) is 0 Å². The Kier molecular flexibility index (Phi) is 32.8. The second-order valence-electron chi connectivity index (χ2n) is 37.8. The van der Waals surface area contributed by atoms with Crippen molar-refractivity contribution in [2.45, 2.75) is 377 Å². The lowest BCUT2D eigenvalue weighted by Gasteiger charge is -2.28. The number of carbonyl (C=O) groups is 6. The third-order valence-corrected chi connectivity index (χ3v) is 24.8. The monoisotopic (exact) mass is 1490 g/mol. The molecule has 0 amide bonds. The van der Waals surface area contributed by atoms with Gasteiger partial charge < -0.3 is 56.8 Å². The van der Waals surface area contributed by atoms with Gasteiger partial charge in [-0.05, 0) is 215 Å². The smallest absolute Gasteiger partial charge is 0.310 e. The molecule has 27 unspecified atom stereocenters. The van der Waals surface area contributed by atoms with Crippen LogP contribution < -0.4 is 0 Å². The molecular formula is C85H145ClO18. The van der Waals surface area contributed by atoms with Crippen molar-refractivity contribution in [3.63, 3.8) is 0 Å². The summed E-state index contributed by atoms with van der Waals surface area (Å²) in [7, 11) is 0. The lowest BCUT2D eigenvalue weighted by atomic mass is 9.75. The maximum Gasteiger partial charge on any atom is 0.310 e. The molecule has 6 saturated heterocycles. The van der Waals surface area contributed by atoms with Crippen molar-refractivity contribution in [3.05, 3.63) is 0 Å². The van der Waals surface area contributed by atoms with Crippen LogP contribution in [0.4, 0.5) is 0 Å². The van der Waals surface area contributed by atoms with Crippen molar-refractivity contribution in [2.24, 2.45) is 100 Å². The second-order valence-corrected chi connectivity index (χ2v) is 38.3. The Morgan fingerprint density at radius 1 is 0.442 bits per heavy atom. The van der Waals surface area contributed by atoms with Gasteiger partial charge >= 0.3 is 35.8 Å². The molecule has 0 aromatic rings. The van der Waals surface area contributed by atoms with Crippen LogP contribution >= 0.6 is 11.6 Å². The zero-order chi connectivity index (χ0) is 77.1. The van der Waals surface area contributed by atoms with Crippen LogP contribution in [0.5, 0.6) is 0 Å². The molecule has 19 heteroatoms. The number of rotatable bonds is 25. The molecule has 6 heterocycles. The van der Waals surface area contributed by atoms with Gasteiger partial charge in [0.1, 0.15) is 0 Å². The molecule has 0 aromatic carbocycles. The molecule has 27 atom stereocenters. The predicted molar refractivity (Wildman–Crippen MR) is 403 cm³/mol. The summed E-state index contributed by atoms with van der Waals surface area (Å²) in [5.41, 5.74) is 0.522. The van der Waals surface area contributed by atoms with Gasteiger partial charge in [0.05, 0.1) is 146 Å². The van der Waals surface area contributed by atoms with Gasteiger partial charge in [0.2, 0.25) is 0 Å².